The summed E-state index contributed by atoms with van der Waals surface area (Å²) in [4.78, 5) is 18.1. The fourth-order valence-corrected chi connectivity index (χ4v) is 2.13. The topological polar surface area (TPSA) is 33.2 Å². The van der Waals surface area contributed by atoms with E-state index in [1.807, 2.05) is 19.2 Å². The maximum absolute atomic E-state index is 11.9. The Bertz CT molecular complexity index is 329. The third-order valence-electron chi connectivity index (χ3n) is 2.29. The minimum Gasteiger partial charge on any atom is -0.338 e. The zero-order chi connectivity index (χ0) is 11.4. The van der Waals surface area contributed by atoms with Gasteiger partial charge in [-0.25, -0.2) is 4.98 Å². The third-order valence-corrected chi connectivity index (χ3v) is 3.43. The first-order valence-electron chi connectivity index (χ1n) is 5.34. The van der Waals surface area contributed by atoms with E-state index >= 15 is 0 Å². The third kappa shape index (κ3) is 2.78. The Hall–Kier alpha value is -0.900. The van der Waals surface area contributed by atoms with Crippen molar-refractivity contribution < 1.29 is 4.79 Å². The second-order valence-corrected chi connectivity index (χ2v) is 4.59. The van der Waals surface area contributed by atoms with Crippen molar-refractivity contribution in [1.29, 1.82) is 0 Å². The number of carbonyl (C=O) groups is 1. The molecule has 15 heavy (non-hydrogen) atoms. The molecule has 0 fully saturated rings. The molecular formula is C11H18N2OS. The summed E-state index contributed by atoms with van der Waals surface area (Å²) >= 11 is 1.57. The summed E-state index contributed by atoms with van der Waals surface area (Å²) in [6, 6.07) is 0. The summed E-state index contributed by atoms with van der Waals surface area (Å²) in [7, 11) is 0. The highest BCUT2D eigenvalue weighted by Crippen LogP contribution is 2.19. The summed E-state index contributed by atoms with van der Waals surface area (Å²) in [5.74, 6) is 0.441. The first kappa shape index (κ1) is 12.2. The molecule has 1 rings (SSSR count). The molecule has 0 saturated carbocycles. The predicted molar refractivity (Wildman–Crippen MR) is 63.5 cm³/mol. The lowest BCUT2D eigenvalue weighted by Crippen LogP contribution is -2.30. The van der Waals surface area contributed by atoms with Crippen LogP contribution in [-0.4, -0.2) is 28.9 Å². The van der Waals surface area contributed by atoms with Crippen LogP contribution in [0.2, 0.25) is 0 Å². The maximum atomic E-state index is 11.9. The molecule has 4 heteroatoms. The van der Waals surface area contributed by atoms with Gasteiger partial charge in [-0.05, 0) is 13.8 Å². The first-order valence-corrected chi connectivity index (χ1v) is 6.22. The molecule has 0 aliphatic heterocycles. The molecule has 0 unspecified atom stereocenters. The van der Waals surface area contributed by atoms with Gasteiger partial charge in [0.25, 0.3) is 5.91 Å². The van der Waals surface area contributed by atoms with Gasteiger partial charge in [-0.2, -0.15) is 0 Å². The molecule has 1 aromatic heterocycles. The Morgan fingerprint density at radius 2 is 2.07 bits per heavy atom. The van der Waals surface area contributed by atoms with Crippen molar-refractivity contribution >= 4 is 17.2 Å². The van der Waals surface area contributed by atoms with Gasteiger partial charge in [-0.3, -0.25) is 4.79 Å². The van der Waals surface area contributed by atoms with Crippen LogP contribution in [0, 0.1) is 0 Å². The molecule has 0 spiro atoms. The van der Waals surface area contributed by atoms with Crippen molar-refractivity contribution in [3.8, 4) is 0 Å². The Balaban J connectivity index is 2.82. The van der Waals surface area contributed by atoms with Crippen molar-refractivity contribution in [3.63, 3.8) is 0 Å². The lowest BCUT2D eigenvalue weighted by Gasteiger charge is -2.16. The molecule has 0 N–H and O–H groups in total. The summed E-state index contributed by atoms with van der Waals surface area (Å²) < 4.78 is 0. The summed E-state index contributed by atoms with van der Waals surface area (Å²) in [6.45, 7) is 9.62. The molecule has 0 bridgehead atoms. The van der Waals surface area contributed by atoms with E-state index in [1.54, 1.807) is 16.2 Å². The number of rotatable bonds is 4. The second kappa shape index (κ2) is 5.26. The number of nitrogens with zero attached hydrogens (tertiary/aromatic N) is 2. The fraction of sp³-hybridized carbons (Fsp3) is 0.636. The van der Waals surface area contributed by atoms with Crippen molar-refractivity contribution in [3.05, 3.63) is 16.1 Å². The van der Waals surface area contributed by atoms with Crippen molar-refractivity contribution in [2.45, 2.75) is 33.6 Å². The van der Waals surface area contributed by atoms with Gasteiger partial charge in [-0.15, -0.1) is 11.3 Å². The second-order valence-electron chi connectivity index (χ2n) is 3.70. The molecule has 0 saturated heterocycles. The molecule has 1 amide bonds. The van der Waals surface area contributed by atoms with Crippen LogP contribution < -0.4 is 0 Å². The summed E-state index contributed by atoms with van der Waals surface area (Å²) in [6.07, 6.45) is 0. The van der Waals surface area contributed by atoms with Gasteiger partial charge in [0.15, 0.2) is 0 Å². The van der Waals surface area contributed by atoms with E-state index in [2.05, 4.69) is 18.8 Å². The quantitative estimate of drug-likeness (QED) is 0.791. The van der Waals surface area contributed by atoms with E-state index in [4.69, 9.17) is 0 Å². The van der Waals surface area contributed by atoms with Crippen LogP contribution in [-0.2, 0) is 0 Å². The van der Waals surface area contributed by atoms with Gasteiger partial charge in [0.05, 0.1) is 5.01 Å². The summed E-state index contributed by atoms with van der Waals surface area (Å²) in [5.41, 5.74) is 0.590. The van der Waals surface area contributed by atoms with Gasteiger partial charge >= 0.3 is 0 Å². The molecule has 0 atom stereocenters. The van der Waals surface area contributed by atoms with Crippen molar-refractivity contribution in [2.75, 3.05) is 13.1 Å². The van der Waals surface area contributed by atoms with Crippen molar-refractivity contribution in [1.82, 2.24) is 9.88 Å². The molecule has 1 heterocycles. The van der Waals surface area contributed by atoms with Gasteiger partial charge in [0.2, 0.25) is 0 Å². The van der Waals surface area contributed by atoms with E-state index in [0.29, 0.717) is 11.6 Å². The first-order chi connectivity index (χ1) is 7.10. The molecular weight excluding hydrogens is 208 g/mol. The Labute approximate surface area is 95.1 Å². The normalized spacial score (nSPS) is 10.7. The zero-order valence-corrected chi connectivity index (χ0v) is 10.6. The highest BCUT2D eigenvalue weighted by molar-refractivity contribution is 7.09. The Kier molecular flexibility index (Phi) is 4.27. The standard InChI is InChI=1S/C11H18N2OS/c1-5-13(6-2)11(14)9-7-15-10(12-9)8(3)4/h7-8H,5-6H2,1-4H3. The van der Waals surface area contributed by atoms with Crippen LogP contribution in [0.15, 0.2) is 5.38 Å². The van der Waals surface area contributed by atoms with E-state index in [1.165, 1.54) is 0 Å². The zero-order valence-electron chi connectivity index (χ0n) is 9.78. The van der Waals surface area contributed by atoms with Crippen LogP contribution in [0.3, 0.4) is 0 Å². The van der Waals surface area contributed by atoms with E-state index in [9.17, 15) is 4.79 Å². The SMILES string of the molecule is CCN(CC)C(=O)c1csc(C(C)C)n1. The monoisotopic (exact) mass is 226 g/mol. The minimum absolute atomic E-state index is 0.0446. The van der Waals surface area contributed by atoms with Crippen LogP contribution >= 0.6 is 11.3 Å². The number of hydrogen-bond acceptors (Lipinski definition) is 3. The molecule has 3 nitrogen and oxygen atoms in total. The highest BCUT2D eigenvalue weighted by Gasteiger charge is 2.16. The maximum Gasteiger partial charge on any atom is 0.273 e. The molecule has 0 aliphatic carbocycles. The number of carbonyl (C=O) groups excluding carboxylic acids is 1. The number of aromatic nitrogens is 1. The molecule has 0 radical (unpaired) electrons. The smallest absolute Gasteiger partial charge is 0.273 e. The average Bonchev–Trinajstić information content (AvgIpc) is 2.68. The Morgan fingerprint density at radius 3 is 2.47 bits per heavy atom. The molecule has 0 aromatic carbocycles. The lowest BCUT2D eigenvalue weighted by atomic mass is 10.2. The molecule has 84 valence electrons. The van der Waals surface area contributed by atoms with Gasteiger partial charge < -0.3 is 4.90 Å². The van der Waals surface area contributed by atoms with E-state index in [-0.39, 0.29) is 5.91 Å². The van der Waals surface area contributed by atoms with Gasteiger partial charge in [0.1, 0.15) is 5.69 Å². The van der Waals surface area contributed by atoms with Crippen LogP contribution in [0.4, 0.5) is 0 Å². The lowest BCUT2D eigenvalue weighted by molar-refractivity contribution is 0.0767. The Morgan fingerprint density at radius 1 is 1.47 bits per heavy atom. The van der Waals surface area contributed by atoms with Crippen LogP contribution in [0.5, 0.6) is 0 Å². The largest absolute Gasteiger partial charge is 0.338 e. The number of amides is 1. The fourth-order valence-electron chi connectivity index (χ4n) is 1.32. The van der Waals surface area contributed by atoms with E-state index < -0.39 is 0 Å². The van der Waals surface area contributed by atoms with E-state index in [0.717, 1.165) is 18.1 Å². The molecule has 0 aliphatic rings. The molecule has 1 aromatic rings. The summed E-state index contributed by atoms with van der Waals surface area (Å²) in [5, 5.41) is 2.89. The van der Waals surface area contributed by atoms with Crippen LogP contribution in [0.1, 0.15) is 49.1 Å². The van der Waals surface area contributed by atoms with Crippen molar-refractivity contribution in [2.24, 2.45) is 0 Å². The van der Waals surface area contributed by atoms with Gasteiger partial charge in [-0.1, -0.05) is 13.8 Å². The minimum atomic E-state index is 0.0446. The number of hydrogen-bond donors (Lipinski definition) is 0. The average molecular weight is 226 g/mol. The van der Waals surface area contributed by atoms with Gasteiger partial charge in [0, 0.05) is 24.4 Å². The highest BCUT2D eigenvalue weighted by atomic mass is 32.1. The number of thiazole rings is 1. The van der Waals surface area contributed by atoms with Crippen LogP contribution in [0.25, 0.3) is 0 Å². The predicted octanol–water partition coefficient (Wildman–Crippen LogP) is 2.75.